The van der Waals surface area contributed by atoms with Gasteiger partial charge in [-0.05, 0) is 31.2 Å². The molecule has 0 aliphatic rings. The van der Waals surface area contributed by atoms with Crippen molar-refractivity contribution in [1.82, 2.24) is 0 Å². The Labute approximate surface area is 116 Å². The molecular formula is C8H9N2NaO4S. The van der Waals surface area contributed by atoms with Gasteiger partial charge in [-0.25, -0.2) is 8.42 Å². The second kappa shape index (κ2) is 6.97. The van der Waals surface area contributed by atoms with E-state index in [-0.39, 0.29) is 35.2 Å². The summed E-state index contributed by atoms with van der Waals surface area (Å²) >= 11 is 0. The van der Waals surface area contributed by atoms with E-state index in [0.717, 1.165) is 0 Å². The van der Waals surface area contributed by atoms with Gasteiger partial charge in [0.1, 0.15) is 5.75 Å². The van der Waals surface area contributed by atoms with E-state index in [4.69, 9.17) is 4.74 Å². The van der Waals surface area contributed by atoms with Gasteiger partial charge in [-0.3, -0.25) is 0 Å². The van der Waals surface area contributed by atoms with Crippen molar-refractivity contribution in [3.8, 4) is 5.75 Å². The van der Waals surface area contributed by atoms with Crippen LogP contribution < -0.4 is 34.3 Å². The topological polar surface area (TPSA) is 91.2 Å². The van der Waals surface area contributed by atoms with Gasteiger partial charge in [-0.2, -0.15) is 0 Å². The first-order chi connectivity index (χ1) is 7.01. The van der Waals surface area contributed by atoms with Gasteiger partial charge in [-0.1, -0.05) is 4.52 Å². The molecule has 0 aliphatic heterocycles. The number of ether oxygens (including phenoxy) is 1. The van der Waals surface area contributed by atoms with Crippen LogP contribution >= 0.6 is 0 Å². The van der Waals surface area contributed by atoms with Crippen molar-refractivity contribution in [1.29, 1.82) is 0 Å². The van der Waals surface area contributed by atoms with Crippen molar-refractivity contribution in [3.05, 3.63) is 24.3 Å². The predicted molar refractivity (Wildman–Crippen MR) is 51.8 cm³/mol. The molecule has 0 unspecified atom stereocenters. The van der Waals surface area contributed by atoms with Crippen LogP contribution in [0.1, 0.15) is 6.92 Å². The number of rotatable bonds is 4. The second-order valence-electron chi connectivity index (χ2n) is 2.54. The maximum absolute atomic E-state index is 10.1. The molecule has 0 amide bonds. The first kappa shape index (κ1) is 15.5. The molecule has 1 rings (SSSR count). The van der Waals surface area contributed by atoms with Gasteiger partial charge in [0, 0.05) is 0 Å². The summed E-state index contributed by atoms with van der Waals surface area (Å²) < 4.78 is 38.2. The van der Waals surface area contributed by atoms with Crippen molar-refractivity contribution in [2.75, 3.05) is 6.61 Å². The van der Waals surface area contributed by atoms with Gasteiger partial charge in [0.2, 0.25) is 10.3 Å². The summed E-state index contributed by atoms with van der Waals surface area (Å²) in [5.41, 5.74) is 0.276. The van der Waals surface area contributed by atoms with Crippen molar-refractivity contribution in [2.45, 2.75) is 6.92 Å². The Morgan fingerprint density at radius 2 is 1.88 bits per heavy atom. The third-order valence-corrected chi connectivity index (χ3v) is 1.69. The first-order valence-corrected chi connectivity index (χ1v) is 5.49. The molecule has 0 fully saturated rings. The SMILES string of the molecule is CCOc1ccc(N=NS(=O)(=O)[O-])cc1.[Na+]. The predicted octanol–water partition coefficient (Wildman–Crippen LogP) is -1.37. The smallest absolute Gasteiger partial charge is 0.728 e. The van der Waals surface area contributed by atoms with Crippen LogP contribution in [0.3, 0.4) is 0 Å². The monoisotopic (exact) mass is 252 g/mol. The fourth-order valence-corrected chi connectivity index (χ4v) is 1.07. The van der Waals surface area contributed by atoms with Crippen LogP contribution in [0.15, 0.2) is 33.9 Å². The summed E-state index contributed by atoms with van der Waals surface area (Å²) in [5.74, 6) is 0.640. The Morgan fingerprint density at radius 1 is 1.31 bits per heavy atom. The molecular weight excluding hydrogens is 243 g/mol. The van der Waals surface area contributed by atoms with E-state index < -0.39 is 10.3 Å². The molecule has 16 heavy (non-hydrogen) atoms. The van der Waals surface area contributed by atoms with Gasteiger partial charge in [-0.15, -0.1) is 5.11 Å². The maximum Gasteiger partial charge on any atom is 1.00 e. The van der Waals surface area contributed by atoms with Crippen LogP contribution in [-0.2, 0) is 10.3 Å². The van der Waals surface area contributed by atoms with Crippen molar-refractivity contribution in [3.63, 3.8) is 0 Å². The van der Waals surface area contributed by atoms with Gasteiger partial charge in [0.15, 0.2) is 0 Å². The Morgan fingerprint density at radius 3 is 2.31 bits per heavy atom. The molecule has 0 radical (unpaired) electrons. The first-order valence-electron chi connectivity index (χ1n) is 4.13. The molecule has 0 saturated carbocycles. The fourth-order valence-electron chi connectivity index (χ4n) is 0.873. The molecule has 0 aromatic heterocycles. The third kappa shape index (κ3) is 6.19. The molecule has 0 N–H and O–H groups in total. The van der Waals surface area contributed by atoms with E-state index in [9.17, 15) is 13.0 Å². The minimum absolute atomic E-state index is 0. The zero-order chi connectivity index (χ0) is 11.3. The van der Waals surface area contributed by atoms with Crippen LogP contribution in [-0.4, -0.2) is 19.6 Å². The minimum atomic E-state index is -4.67. The largest absolute Gasteiger partial charge is 1.00 e. The summed E-state index contributed by atoms with van der Waals surface area (Å²) in [6.07, 6.45) is 0. The standard InChI is InChI=1S/C8H10N2O4S.Na/c1-2-14-8-5-3-7(4-6-8)9-10-15(11,12)13;/h3-6H,2H2,1H3,(H,11,12,13);/q;+1/p-1. The molecule has 0 atom stereocenters. The Balaban J connectivity index is 0.00000225. The molecule has 8 heteroatoms. The average molecular weight is 252 g/mol. The summed E-state index contributed by atoms with van der Waals surface area (Å²) in [6, 6.07) is 6.21. The van der Waals surface area contributed by atoms with Crippen molar-refractivity contribution < 1.29 is 47.3 Å². The maximum atomic E-state index is 10.1. The van der Waals surface area contributed by atoms with Crippen LogP contribution in [0.5, 0.6) is 5.75 Å². The summed E-state index contributed by atoms with van der Waals surface area (Å²) in [7, 11) is -4.67. The average Bonchev–Trinajstić information content (AvgIpc) is 2.16. The van der Waals surface area contributed by atoms with Gasteiger partial charge in [0.25, 0.3) is 0 Å². The Kier molecular flexibility index (Phi) is 6.77. The van der Waals surface area contributed by atoms with E-state index in [1.165, 1.54) is 12.1 Å². The molecule has 0 aliphatic carbocycles. The normalized spacial score (nSPS) is 11.1. The molecule has 6 nitrogen and oxygen atoms in total. The van der Waals surface area contributed by atoms with E-state index in [1.807, 2.05) is 6.92 Å². The van der Waals surface area contributed by atoms with E-state index in [2.05, 4.69) is 9.63 Å². The molecule has 82 valence electrons. The van der Waals surface area contributed by atoms with Crippen molar-refractivity contribution in [2.24, 2.45) is 9.63 Å². The van der Waals surface area contributed by atoms with Crippen LogP contribution in [0, 0.1) is 0 Å². The quantitative estimate of drug-likeness (QED) is 0.375. The second-order valence-corrected chi connectivity index (χ2v) is 3.56. The third-order valence-electron chi connectivity index (χ3n) is 1.40. The number of nitrogens with zero attached hydrogens (tertiary/aromatic N) is 2. The van der Waals surface area contributed by atoms with Gasteiger partial charge >= 0.3 is 29.6 Å². The van der Waals surface area contributed by atoms with E-state index >= 15 is 0 Å². The summed E-state index contributed by atoms with van der Waals surface area (Å²) in [5, 5.41) is 3.25. The van der Waals surface area contributed by atoms with Crippen LogP contribution in [0.4, 0.5) is 5.69 Å². The Bertz CT molecular complexity index is 444. The molecule has 1 aromatic rings. The zero-order valence-electron chi connectivity index (χ0n) is 8.95. The molecule has 1 aromatic carbocycles. The van der Waals surface area contributed by atoms with Gasteiger partial charge in [0.05, 0.1) is 12.3 Å². The van der Waals surface area contributed by atoms with Gasteiger partial charge < -0.3 is 9.29 Å². The molecule has 0 saturated heterocycles. The Hall–Kier alpha value is -0.470. The molecule has 0 bridgehead atoms. The van der Waals surface area contributed by atoms with E-state index in [1.54, 1.807) is 12.1 Å². The van der Waals surface area contributed by atoms with Crippen LogP contribution in [0.25, 0.3) is 0 Å². The number of benzene rings is 1. The molecule has 0 spiro atoms. The molecule has 0 heterocycles. The fraction of sp³-hybridized carbons (Fsp3) is 0.250. The zero-order valence-corrected chi connectivity index (χ0v) is 11.8. The van der Waals surface area contributed by atoms with E-state index in [0.29, 0.717) is 12.4 Å². The van der Waals surface area contributed by atoms with Crippen LogP contribution in [0.2, 0.25) is 0 Å². The summed E-state index contributed by atoms with van der Waals surface area (Å²) in [6.45, 7) is 2.38. The van der Waals surface area contributed by atoms with Crippen molar-refractivity contribution >= 4 is 16.0 Å². The number of hydrogen-bond acceptors (Lipinski definition) is 5. The number of hydrogen-bond donors (Lipinski definition) is 0. The minimum Gasteiger partial charge on any atom is -0.728 e. The summed E-state index contributed by atoms with van der Waals surface area (Å²) in [4.78, 5) is 0.